The molecule has 2 aliphatic heterocycles. The Labute approximate surface area is 221 Å². The van der Waals surface area contributed by atoms with Gasteiger partial charge >= 0.3 is 0 Å². The van der Waals surface area contributed by atoms with Crippen molar-refractivity contribution >= 4 is 28.4 Å². The van der Waals surface area contributed by atoms with Gasteiger partial charge in [0.05, 0.1) is 17.8 Å². The predicted octanol–water partition coefficient (Wildman–Crippen LogP) is 3.60. The van der Waals surface area contributed by atoms with Crippen LogP contribution in [0.25, 0.3) is 16.7 Å². The number of nitrogens with zero attached hydrogens (tertiary/aromatic N) is 5. The average molecular weight is 507 g/mol. The Balaban J connectivity index is 1.19. The normalized spacial score (nSPS) is 16.8. The lowest BCUT2D eigenvalue weighted by atomic mass is 9.80. The summed E-state index contributed by atoms with van der Waals surface area (Å²) >= 11 is 0. The lowest BCUT2D eigenvalue weighted by molar-refractivity contribution is -0.0155. The van der Waals surface area contributed by atoms with Crippen LogP contribution in [0.3, 0.4) is 0 Å². The molecule has 0 amide bonds. The number of nitrogens with one attached hydrogen (secondary N) is 1. The molecule has 2 N–H and O–H groups in total. The molecule has 0 radical (unpaired) electrons. The molecule has 4 aromatic rings. The van der Waals surface area contributed by atoms with Gasteiger partial charge in [0.25, 0.3) is 5.56 Å². The van der Waals surface area contributed by atoms with Gasteiger partial charge in [0, 0.05) is 55.4 Å². The fraction of sp³-hybridized carbons (Fsp3) is 0.300. The lowest BCUT2D eigenvalue weighted by Gasteiger charge is -2.45. The van der Waals surface area contributed by atoms with Crippen molar-refractivity contribution in [2.24, 2.45) is 11.8 Å². The van der Waals surface area contributed by atoms with Gasteiger partial charge in [-0.1, -0.05) is 24.1 Å². The highest BCUT2D eigenvalue weighted by Gasteiger charge is 2.34. The van der Waals surface area contributed by atoms with Crippen molar-refractivity contribution in [1.82, 2.24) is 19.4 Å². The van der Waals surface area contributed by atoms with Crippen molar-refractivity contribution in [3.05, 3.63) is 82.8 Å². The Hall–Kier alpha value is -4.19. The zero-order valence-corrected chi connectivity index (χ0v) is 21.1. The molecule has 38 heavy (non-hydrogen) atoms. The molecule has 4 heterocycles. The molecule has 8 heteroatoms. The molecular weight excluding hydrogens is 476 g/mol. The van der Waals surface area contributed by atoms with E-state index < -0.39 is 0 Å². The molecule has 192 valence electrons. The van der Waals surface area contributed by atoms with E-state index in [9.17, 15) is 9.90 Å². The molecule has 2 saturated heterocycles. The van der Waals surface area contributed by atoms with E-state index in [0.717, 1.165) is 43.7 Å². The van der Waals surface area contributed by atoms with E-state index in [2.05, 4.69) is 38.2 Å². The number of likely N-dealkylation sites (tertiary alicyclic amines) is 1. The molecule has 0 spiro atoms. The number of hydrogen-bond acceptors (Lipinski definition) is 7. The molecule has 0 unspecified atom stereocenters. The highest BCUT2D eigenvalue weighted by atomic mass is 16.3. The Morgan fingerprint density at radius 2 is 1.74 bits per heavy atom. The highest BCUT2D eigenvalue weighted by Crippen LogP contribution is 2.33. The zero-order valence-electron chi connectivity index (χ0n) is 21.1. The quantitative estimate of drug-likeness (QED) is 0.387. The Morgan fingerprint density at radius 3 is 2.42 bits per heavy atom. The van der Waals surface area contributed by atoms with Crippen molar-refractivity contribution in [1.29, 1.82) is 0 Å². The van der Waals surface area contributed by atoms with Crippen LogP contribution >= 0.6 is 0 Å². The molecule has 2 aliphatic rings. The van der Waals surface area contributed by atoms with Crippen LogP contribution in [0, 0.1) is 24.2 Å². The van der Waals surface area contributed by atoms with Gasteiger partial charge in [-0.05, 0) is 61.1 Å². The van der Waals surface area contributed by atoms with Crippen molar-refractivity contribution < 1.29 is 5.11 Å². The monoisotopic (exact) mass is 506 g/mol. The van der Waals surface area contributed by atoms with Crippen LogP contribution in [0.1, 0.15) is 18.4 Å². The van der Waals surface area contributed by atoms with E-state index >= 15 is 0 Å². The summed E-state index contributed by atoms with van der Waals surface area (Å²) in [6.45, 7) is 4.34. The summed E-state index contributed by atoms with van der Waals surface area (Å²) in [4.78, 5) is 26.6. The third-order valence-electron chi connectivity index (χ3n) is 7.81. The van der Waals surface area contributed by atoms with Crippen LogP contribution in [-0.4, -0.2) is 57.5 Å². The Kier molecular flexibility index (Phi) is 6.54. The van der Waals surface area contributed by atoms with Gasteiger partial charge in [-0.2, -0.15) is 4.98 Å². The first kappa shape index (κ1) is 24.2. The fourth-order valence-electron chi connectivity index (χ4n) is 5.65. The average Bonchev–Trinajstić information content (AvgIpc) is 2.93. The van der Waals surface area contributed by atoms with Crippen LogP contribution in [0.15, 0.2) is 71.7 Å². The maximum atomic E-state index is 12.9. The summed E-state index contributed by atoms with van der Waals surface area (Å²) in [6, 6.07) is 19.1. The number of para-hydroxylation sites is 1. The number of terminal acetylenes is 1. The van der Waals surface area contributed by atoms with Crippen molar-refractivity contribution in [2.75, 3.05) is 43.1 Å². The van der Waals surface area contributed by atoms with E-state index in [4.69, 9.17) is 11.4 Å². The number of aromatic nitrogens is 3. The van der Waals surface area contributed by atoms with Crippen molar-refractivity contribution in [3.8, 4) is 18.0 Å². The van der Waals surface area contributed by atoms with Gasteiger partial charge in [0.2, 0.25) is 5.95 Å². The molecule has 0 bridgehead atoms. The summed E-state index contributed by atoms with van der Waals surface area (Å²) in [5.41, 5.74) is 3.48. The smallest absolute Gasteiger partial charge is 0.258 e. The molecule has 8 nitrogen and oxygen atoms in total. The lowest BCUT2D eigenvalue weighted by Crippen LogP contribution is -2.52. The molecule has 0 atom stereocenters. The number of piperidine rings is 1. The third-order valence-corrected chi connectivity index (χ3v) is 7.81. The first-order chi connectivity index (χ1) is 18.6. The molecule has 6 rings (SSSR count). The molecule has 2 aromatic carbocycles. The van der Waals surface area contributed by atoms with Crippen molar-refractivity contribution in [3.63, 3.8) is 0 Å². The molecular formula is C30H30N6O2. The fourth-order valence-corrected chi connectivity index (χ4v) is 5.65. The number of anilines is 3. The first-order valence-electron chi connectivity index (χ1n) is 13.0. The topological polar surface area (TPSA) is 86.5 Å². The number of benzene rings is 2. The number of aliphatic hydroxyl groups is 1. The summed E-state index contributed by atoms with van der Waals surface area (Å²) in [5, 5.41) is 13.2. The van der Waals surface area contributed by atoms with Crippen LogP contribution in [0.2, 0.25) is 0 Å². The first-order valence-corrected chi connectivity index (χ1v) is 13.0. The zero-order chi connectivity index (χ0) is 26.1. The summed E-state index contributed by atoms with van der Waals surface area (Å²) < 4.78 is 1.56. The van der Waals surface area contributed by atoms with Crippen LogP contribution in [0.5, 0.6) is 0 Å². The summed E-state index contributed by atoms with van der Waals surface area (Å²) in [7, 11) is 0. The molecule has 2 aromatic heterocycles. The van der Waals surface area contributed by atoms with Crippen LogP contribution in [0.4, 0.5) is 17.3 Å². The van der Waals surface area contributed by atoms with Gasteiger partial charge in [0.15, 0.2) is 5.65 Å². The third kappa shape index (κ3) is 4.62. The van der Waals surface area contributed by atoms with Crippen LogP contribution in [-0.2, 0) is 0 Å². The standard InChI is InChI=1S/C30H30N6O2/c1-2-21-16-28(38)36(26-6-4-3-5-7-26)29-27(21)17-31-30(33-29)32-24-8-10-25(11-9-24)35-14-12-22(13-15-35)23-18-34(19-23)20-37/h1,3-11,16-17,22-23,37H,12-15,18-20H2,(H,31,32,33). The summed E-state index contributed by atoms with van der Waals surface area (Å²) in [6.07, 6.45) is 9.72. The maximum absolute atomic E-state index is 12.9. The minimum Gasteiger partial charge on any atom is -0.381 e. The number of aliphatic hydroxyl groups excluding tert-OH is 1. The van der Waals surface area contributed by atoms with Crippen LogP contribution < -0.4 is 15.8 Å². The van der Waals surface area contributed by atoms with Gasteiger partial charge in [0.1, 0.15) is 0 Å². The van der Waals surface area contributed by atoms with Gasteiger partial charge in [-0.15, -0.1) is 6.42 Å². The minimum atomic E-state index is -0.238. The second kappa shape index (κ2) is 10.3. The van der Waals surface area contributed by atoms with Gasteiger partial charge in [-0.3, -0.25) is 14.3 Å². The SMILES string of the molecule is C#Cc1cc(=O)n(-c2ccccc2)c2nc(Nc3ccc(N4CCC(C5CN(CO)C5)CC4)cc3)ncc12. The molecule has 2 fully saturated rings. The summed E-state index contributed by atoms with van der Waals surface area (Å²) in [5.74, 6) is 4.46. The minimum absolute atomic E-state index is 0.179. The van der Waals surface area contributed by atoms with Gasteiger partial charge < -0.3 is 15.3 Å². The Bertz CT molecular complexity index is 1530. The molecule has 0 aliphatic carbocycles. The number of hydrogen-bond donors (Lipinski definition) is 2. The van der Waals surface area contributed by atoms with Gasteiger partial charge in [-0.25, -0.2) is 4.98 Å². The van der Waals surface area contributed by atoms with E-state index in [1.165, 1.54) is 24.6 Å². The van der Waals surface area contributed by atoms with E-state index in [-0.39, 0.29) is 12.3 Å². The number of fused-ring (bicyclic) bond motifs is 1. The Morgan fingerprint density at radius 1 is 1.00 bits per heavy atom. The number of pyridine rings is 1. The predicted molar refractivity (Wildman–Crippen MR) is 150 cm³/mol. The largest absolute Gasteiger partial charge is 0.381 e. The maximum Gasteiger partial charge on any atom is 0.258 e. The van der Waals surface area contributed by atoms with E-state index in [1.807, 2.05) is 42.5 Å². The second-order valence-corrected chi connectivity index (χ2v) is 10.1. The number of rotatable bonds is 6. The highest BCUT2D eigenvalue weighted by molar-refractivity contribution is 5.84. The van der Waals surface area contributed by atoms with Crippen molar-refractivity contribution in [2.45, 2.75) is 12.8 Å². The second-order valence-electron chi connectivity index (χ2n) is 10.1. The molecule has 0 saturated carbocycles. The van der Waals surface area contributed by atoms with E-state index in [0.29, 0.717) is 28.2 Å². The van der Waals surface area contributed by atoms with E-state index in [1.54, 1.807) is 10.8 Å².